The number of benzene rings is 2. The fourth-order valence-electron chi connectivity index (χ4n) is 2.98. The van der Waals surface area contributed by atoms with Crippen molar-refractivity contribution < 1.29 is 4.79 Å². The molecular formula is C19H15Br2N5OS. The second kappa shape index (κ2) is 8.18. The lowest BCUT2D eigenvalue weighted by molar-refractivity contribution is -0.113. The van der Waals surface area contributed by atoms with Crippen LogP contribution in [0.5, 0.6) is 0 Å². The summed E-state index contributed by atoms with van der Waals surface area (Å²) in [7, 11) is 0. The first-order chi connectivity index (χ1) is 13.6. The molecule has 0 fully saturated rings. The summed E-state index contributed by atoms with van der Waals surface area (Å²) in [5.41, 5.74) is 3.37. The highest BCUT2D eigenvalue weighted by atomic mass is 79.9. The number of amides is 1. The maximum Gasteiger partial charge on any atom is 0.234 e. The van der Waals surface area contributed by atoms with Crippen molar-refractivity contribution >= 4 is 77.3 Å². The van der Waals surface area contributed by atoms with Crippen LogP contribution in [0.2, 0.25) is 0 Å². The molecule has 142 valence electrons. The lowest BCUT2D eigenvalue weighted by Crippen LogP contribution is -2.14. The number of aromatic nitrogens is 4. The van der Waals surface area contributed by atoms with E-state index in [-0.39, 0.29) is 11.7 Å². The monoisotopic (exact) mass is 519 g/mol. The summed E-state index contributed by atoms with van der Waals surface area (Å²) in [5, 5.41) is 13.0. The minimum Gasteiger partial charge on any atom is -0.324 e. The first-order valence-electron chi connectivity index (χ1n) is 8.56. The minimum absolute atomic E-state index is 0.132. The molecule has 0 bridgehead atoms. The van der Waals surface area contributed by atoms with Gasteiger partial charge in [0, 0.05) is 20.9 Å². The molecule has 0 saturated heterocycles. The highest BCUT2D eigenvalue weighted by Crippen LogP contribution is 2.28. The van der Waals surface area contributed by atoms with E-state index in [1.807, 2.05) is 36.4 Å². The van der Waals surface area contributed by atoms with Crippen LogP contribution in [-0.4, -0.2) is 31.4 Å². The Bertz CT molecular complexity index is 1190. The van der Waals surface area contributed by atoms with Crippen molar-refractivity contribution in [1.29, 1.82) is 0 Å². The highest BCUT2D eigenvalue weighted by Gasteiger charge is 2.14. The maximum atomic E-state index is 12.3. The molecule has 0 saturated carbocycles. The Morgan fingerprint density at radius 3 is 2.79 bits per heavy atom. The fraction of sp³-hybridized carbons (Fsp3) is 0.158. The largest absolute Gasteiger partial charge is 0.324 e. The Hall–Kier alpha value is -1.97. The zero-order valence-electron chi connectivity index (χ0n) is 14.8. The van der Waals surface area contributed by atoms with Crippen molar-refractivity contribution in [1.82, 2.24) is 19.7 Å². The van der Waals surface area contributed by atoms with Gasteiger partial charge in [-0.3, -0.25) is 4.79 Å². The normalized spacial score (nSPS) is 11.2. The first kappa shape index (κ1) is 19.4. The van der Waals surface area contributed by atoms with Gasteiger partial charge in [-0.05, 0) is 47.1 Å². The van der Waals surface area contributed by atoms with Gasteiger partial charge in [-0.2, -0.15) is 0 Å². The third-order valence-corrected chi connectivity index (χ3v) is 6.20. The molecule has 0 atom stereocenters. The predicted octanol–water partition coefficient (Wildman–Crippen LogP) is 5.26. The SMILES string of the molecule is CCn1c2ccccc2c2nnc(SCC(=O)Nc3ccc(Br)cc3Br)nc21. The van der Waals surface area contributed by atoms with Gasteiger partial charge in [-0.25, -0.2) is 4.98 Å². The summed E-state index contributed by atoms with van der Waals surface area (Å²) in [6, 6.07) is 13.7. The molecule has 0 unspecified atom stereocenters. The van der Waals surface area contributed by atoms with Crippen LogP contribution in [-0.2, 0) is 11.3 Å². The summed E-state index contributed by atoms with van der Waals surface area (Å²) in [6.45, 7) is 2.86. The van der Waals surface area contributed by atoms with Crippen LogP contribution >= 0.6 is 43.6 Å². The average molecular weight is 521 g/mol. The van der Waals surface area contributed by atoms with Crippen molar-refractivity contribution in [3.63, 3.8) is 0 Å². The van der Waals surface area contributed by atoms with Crippen LogP contribution in [0.1, 0.15) is 6.92 Å². The summed E-state index contributed by atoms with van der Waals surface area (Å²) < 4.78 is 3.86. The van der Waals surface area contributed by atoms with Crippen molar-refractivity contribution in [2.45, 2.75) is 18.6 Å². The molecule has 9 heteroatoms. The van der Waals surface area contributed by atoms with Gasteiger partial charge in [0.15, 0.2) is 5.65 Å². The summed E-state index contributed by atoms with van der Waals surface area (Å²) in [4.78, 5) is 17.0. The zero-order chi connectivity index (χ0) is 19.7. The number of rotatable bonds is 5. The molecule has 1 amide bonds. The van der Waals surface area contributed by atoms with Gasteiger partial charge >= 0.3 is 0 Å². The molecule has 6 nitrogen and oxygen atoms in total. The number of nitrogens with zero attached hydrogens (tertiary/aromatic N) is 4. The highest BCUT2D eigenvalue weighted by molar-refractivity contribution is 9.11. The average Bonchev–Trinajstić information content (AvgIpc) is 3.01. The number of para-hydroxylation sites is 1. The van der Waals surface area contributed by atoms with Gasteiger partial charge < -0.3 is 9.88 Å². The molecule has 0 aliphatic carbocycles. The lowest BCUT2D eigenvalue weighted by Gasteiger charge is -2.07. The Kier molecular flexibility index (Phi) is 5.65. The van der Waals surface area contributed by atoms with E-state index < -0.39 is 0 Å². The van der Waals surface area contributed by atoms with E-state index in [1.54, 1.807) is 0 Å². The third-order valence-electron chi connectivity index (χ3n) is 4.21. The van der Waals surface area contributed by atoms with E-state index in [0.29, 0.717) is 5.16 Å². The molecule has 4 aromatic rings. The van der Waals surface area contributed by atoms with Crippen LogP contribution < -0.4 is 5.32 Å². The molecule has 28 heavy (non-hydrogen) atoms. The van der Waals surface area contributed by atoms with Crippen LogP contribution in [0, 0.1) is 0 Å². The summed E-state index contributed by atoms with van der Waals surface area (Å²) >= 11 is 8.10. The van der Waals surface area contributed by atoms with Gasteiger partial charge in [0.25, 0.3) is 0 Å². The lowest BCUT2D eigenvalue weighted by atomic mass is 10.2. The number of carbonyl (C=O) groups excluding carboxylic acids is 1. The van der Waals surface area contributed by atoms with Crippen molar-refractivity contribution in [2.75, 3.05) is 11.1 Å². The van der Waals surface area contributed by atoms with E-state index >= 15 is 0 Å². The number of nitrogens with one attached hydrogen (secondary N) is 1. The molecule has 2 heterocycles. The van der Waals surface area contributed by atoms with Crippen molar-refractivity contribution in [3.05, 3.63) is 51.4 Å². The molecular weight excluding hydrogens is 506 g/mol. The van der Waals surface area contributed by atoms with Gasteiger partial charge in [-0.1, -0.05) is 45.9 Å². The number of fused-ring (bicyclic) bond motifs is 3. The molecule has 0 radical (unpaired) electrons. The van der Waals surface area contributed by atoms with E-state index in [9.17, 15) is 4.79 Å². The van der Waals surface area contributed by atoms with Crippen molar-refractivity contribution in [2.24, 2.45) is 0 Å². The smallest absolute Gasteiger partial charge is 0.234 e. The molecule has 0 aliphatic rings. The number of halogens is 2. The topological polar surface area (TPSA) is 72.7 Å². The van der Waals surface area contributed by atoms with Gasteiger partial charge in [0.1, 0.15) is 5.52 Å². The Labute approximate surface area is 182 Å². The minimum atomic E-state index is -0.132. The summed E-state index contributed by atoms with van der Waals surface area (Å²) in [6.07, 6.45) is 0. The first-order valence-corrected chi connectivity index (χ1v) is 11.1. The molecule has 1 N–H and O–H groups in total. The predicted molar refractivity (Wildman–Crippen MR) is 120 cm³/mol. The van der Waals surface area contributed by atoms with E-state index in [1.165, 1.54) is 11.8 Å². The number of thioether (sulfide) groups is 1. The van der Waals surface area contributed by atoms with Crippen LogP contribution in [0.25, 0.3) is 22.1 Å². The molecule has 0 aliphatic heterocycles. The molecule has 2 aromatic carbocycles. The number of aryl methyl sites for hydroxylation is 1. The van der Waals surface area contributed by atoms with Crippen LogP contribution in [0.3, 0.4) is 0 Å². The van der Waals surface area contributed by atoms with Crippen LogP contribution in [0.15, 0.2) is 56.6 Å². The zero-order valence-corrected chi connectivity index (χ0v) is 18.8. The number of carbonyl (C=O) groups is 1. The maximum absolute atomic E-state index is 12.3. The van der Waals surface area contributed by atoms with Crippen LogP contribution in [0.4, 0.5) is 5.69 Å². The second-order valence-electron chi connectivity index (χ2n) is 5.99. The van der Waals surface area contributed by atoms with Crippen molar-refractivity contribution in [3.8, 4) is 0 Å². The Balaban J connectivity index is 1.53. The van der Waals surface area contributed by atoms with E-state index in [2.05, 4.69) is 69.9 Å². The number of hydrogen-bond donors (Lipinski definition) is 1. The standard InChI is InChI=1S/C19H15Br2N5OS/c1-2-26-15-6-4-3-5-12(15)17-18(26)23-19(25-24-17)28-10-16(27)22-14-8-7-11(20)9-13(14)21/h3-9H,2,10H2,1H3,(H,22,27). The fourth-order valence-corrected chi connectivity index (χ4v) is 4.71. The Morgan fingerprint density at radius 2 is 2.00 bits per heavy atom. The van der Waals surface area contributed by atoms with Gasteiger partial charge in [0.2, 0.25) is 11.1 Å². The van der Waals surface area contributed by atoms with Gasteiger partial charge in [0.05, 0.1) is 17.0 Å². The molecule has 2 aromatic heterocycles. The third kappa shape index (κ3) is 3.78. The van der Waals surface area contributed by atoms with E-state index in [0.717, 1.165) is 43.2 Å². The Morgan fingerprint density at radius 1 is 1.18 bits per heavy atom. The number of anilines is 1. The summed E-state index contributed by atoms with van der Waals surface area (Å²) in [5.74, 6) is 0.0648. The van der Waals surface area contributed by atoms with Gasteiger partial charge in [-0.15, -0.1) is 10.2 Å². The molecule has 0 spiro atoms. The van der Waals surface area contributed by atoms with E-state index in [4.69, 9.17) is 0 Å². The second-order valence-corrected chi connectivity index (χ2v) is 8.70. The molecule has 4 rings (SSSR count). The quantitative estimate of drug-likeness (QED) is 0.363. The number of hydrogen-bond acceptors (Lipinski definition) is 5.